The normalized spacial score (nSPS) is 14.4. The maximum absolute atomic E-state index is 12.4. The van der Waals surface area contributed by atoms with Crippen LogP contribution in [-0.2, 0) is 0 Å². The third kappa shape index (κ3) is 3.29. The summed E-state index contributed by atoms with van der Waals surface area (Å²) in [5.74, 6) is -0.172. The van der Waals surface area contributed by atoms with E-state index in [9.17, 15) is 4.79 Å². The Morgan fingerprint density at radius 3 is 2.92 bits per heavy atom. The quantitative estimate of drug-likeness (QED) is 0.773. The van der Waals surface area contributed by atoms with Gasteiger partial charge in [-0.1, -0.05) is 6.08 Å². The summed E-state index contributed by atoms with van der Waals surface area (Å²) in [7, 11) is 0. The minimum absolute atomic E-state index is 0.172. The van der Waals surface area contributed by atoms with Crippen LogP contribution in [0.4, 0.5) is 5.69 Å². The number of rotatable bonds is 3. The predicted octanol–water partition coefficient (Wildman–Crippen LogP) is 2.67. The summed E-state index contributed by atoms with van der Waals surface area (Å²) < 4.78 is 1.90. The number of nitrogens with zero attached hydrogens (tertiary/aromatic N) is 3. The highest BCUT2D eigenvalue weighted by atomic mass is 16.1. The molecule has 2 N–H and O–H groups in total. The lowest BCUT2D eigenvalue weighted by Crippen LogP contribution is -2.20. The average molecular weight is 333 g/mol. The lowest BCUT2D eigenvalue weighted by molar-refractivity contribution is 0.102. The Balaban J connectivity index is 1.50. The highest BCUT2D eigenvalue weighted by Gasteiger charge is 2.10. The Hall–Kier alpha value is -2.99. The second-order valence-corrected chi connectivity index (χ2v) is 6.14. The first-order valence-electron chi connectivity index (χ1n) is 8.32. The first-order valence-corrected chi connectivity index (χ1v) is 8.32. The van der Waals surface area contributed by atoms with E-state index in [1.54, 1.807) is 6.20 Å². The lowest BCUT2D eigenvalue weighted by atomic mass is 10.0. The van der Waals surface area contributed by atoms with Crippen LogP contribution in [0, 0.1) is 6.92 Å². The number of carbonyl (C=O) groups excluding carboxylic acids is 1. The van der Waals surface area contributed by atoms with Crippen molar-refractivity contribution in [2.24, 2.45) is 0 Å². The van der Waals surface area contributed by atoms with Crippen molar-refractivity contribution >= 4 is 22.8 Å². The number of fused-ring (bicyclic) bond motifs is 1. The van der Waals surface area contributed by atoms with E-state index in [1.165, 1.54) is 5.57 Å². The van der Waals surface area contributed by atoms with Gasteiger partial charge < -0.3 is 15.0 Å². The third-order valence-corrected chi connectivity index (χ3v) is 4.25. The Morgan fingerprint density at radius 1 is 1.24 bits per heavy atom. The van der Waals surface area contributed by atoms with Gasteiger partial charge in [0.1, 0.15) is 5.65 Å². The molecule has 6 nitrogen and oxygen atoms in total. The molecule has 1 amide bonds. The summed E-state index contributed by atoms with van der Waals surface area (Å²) in [4.78, 5) is 21.3. The van der Waals surface area contributed by atoms with E-state index in [-0.39, 0.29) is 5.91 Å². The smallest absolute Gasteiger partial charge is 0.257 e. The number of aryl methyl sites for hydroxylation is 1. The van der Waals surface area contributed by atoms with Gasteiger partial charge >= 0.3 is 0 Å². The number of amides is 1. The molecule has 0 saturated carbocycles. The Labute approximate surface area is 145 Å². The molecule has 0 bridgehead atoms. The molecular weight excluding hydrogens is 314 g/mol. The van der Waals surface area contributed by atoms with Gasteiger partial charge in [0, 0.05) is 25.1 Å². The van der Waals surface area contributed by atoms with Crippen LogP contribution in [0.2, 0.25) is 0 Å². The lowest BCUT2D eigenvalue weighted by Gasteiger charge is -2.13. The summed E-state index contributed by atoms with van der Waals surface area (Å²) >= 11 is 0. The van der Waals surface area contributed by atoms with Crippen LogP contribution < -0.4 is 10.6 Å². The van der Waals surface area contributed by atoms with Gasteiger partial charge in [-0.15, -0.1) is 0 Å². The number of nitrogens with one attached hydrogen (secondary N) is 2. The van der Waals surface area contributed by atoms with Crippen LogP contribution in [-0.4, -0.2) is 33.4 Å². The Bertz CT molecular complexity index is 956. The Morgan fingerprint density at radius 2 is 2.16 bits per heavy atom. The maximum Gasteiger partial charge on any atom is 0.257 e. The van der Waals surface area contributed by atoms with Gasteiger partial charge in [-0.3, -0.25) is 9.78 Å². The zero-order valence-corrected chi connectivity index (χ0v) is 14.0. The molecule has 0 saturated heterocycles. The van der Waals surface area contributed by atoms with Crippen molar-refractivity contribution in [3.05, 3.63) is 65.9 Å². The molecule has 126 valence electrons. The SMILES string of the molecule is Cc1cn2cc(NC(=O)c3ccc(C4=CCNCC4)nc3)ccc2n1. The van der Waals surface area contributed by atoms with Gasteiger partial charge in [0.15, 0.2) is 0 Å². The molecule has 0 spiro atoms. The standard InChI is InChI=1S/C19H19N5O/c1-13-11-24-12-16(3-5-18(24)22-13)23-19(25)15-2-4-17(21-10-15)14-6-8-20-9-7-14/h2-6,10-12,20H,7-9H2,1H3,(H,23,25). The molecule has 0 aliphatic carbocycles. The predicted molar refractivity (Wildman–Crippen MR) is 97.6 cm³/mol. The van der Waals surface area contributed by atoms with Crippen molar-refractivity contribution in [1.82, 2.24) is 19.7 Å². The topological polar surface area (TPSA) is 71.3 Å². The minimum atomic E-state index is -0.172. The first kappa shape index (κ1) is 15.5. The summed E-state index contributed by atoms with van der Waals surface area (Å²) in [6, 6.07) is 7.46. The molecule has 0 atom stereocenters. The fourth-order valence-electron chi connectivity index (χ4n) is 2.97. The number of carbonyl (C=O) groups is 1. The summed E-state index contributed by atoms with van der Waals surface area (Å²) in [5, 5.41) is 6.19. The van der Waals surface area contributed by atoms with Crippen LogP contribution >= 0.6 is 0 Å². The third-order valence-electron chi connectivity index (χ3n) is 4.25. The summed E-state index contributed by atoms with van der Waals surface area (Å²) in [6.07, 6.45) is 8.52. The van der Waals surface area contributed by atoms with E-state index in [0.29, 0.717) is 5.56 Å². The number of anilines is 1. The molecule has 6 heteroatoms. The Kier molecular flexibility index (Phi) is 4.03. The molecule has 0 unspecified atom stereocenters. The van der Waals surface area contributed by atoms with Gasteiger partial charge in [0.2, 0.25) is 0 Å². The van der Waals surface area contributed by atoms with E-state index in [0.717, 1.165) is 42.2 Å². The molecule has 0 fully saturated rings. The summed E-state index contributed by atoms with van der Waals surface area (Å²) in [6.45, 7) is 3.78. The van der Waals surface area contributed by atoms with E-state index < -0.39 is 0 Å². The van der Waals surface area contributed by atoms with Crippen molar-refractivity contribution < 1.29 is 4.79 Å². The van der Waals surface area contributed by atoms with Gasteiger partial charge in [-0.05, 0) is 49.7 Å². The average Bonchev–Trinajstić information content (AvgIpc) is 3.02. The number of pyridine rings is 2. The largest absolute Gasteiger partial charge is 0.321 e. The van der Waals surface area contributed by atoms with E-state index >= 15 is 0 Å². The van der Waals surface area contributed by atoms with Gasteiger partial charge in [0.25, 0.3) is 5.91 Å². The molecule has 3 aromatic rings. The van der Waals surface area contributed by atoms with Gasteiger partial charge in [0.05, 0.1) is 22.6 Å². The van der Waals surface area contributed by atoms with E-state index in [4.69, 9.17) is 0 Å². The number of hydrogen-bond donors (Lipinski definition) is 2. The van der Waals surface area contributed by atoms with Crippen LogP contribution in [0.1, 0.15) is 28.2 Å². The molecule has 4 rings (SSSR count). The van der Waals surface area contributed by atoms with Crippen LogP contribution in [0.5, 0.6) is 0 Å². The van der Waals surface area contributed by atoms with Crippen molar-refractivity contribution in [2.75, 3.05) is 18.4 Å². The van der Waals surface area contributed by atoms with Crippen molar-refractivity contribution in [2.45, 2.75) is 13.3 Å². The van der Waals surface area contributed by atoms with Crippen LogP contribution in [0.25, 0.3) is 11.2 Å². The number of imidazole rings is 1. The highest BCUT2D eigenvalue weighted by molar-refractivity contribution is 6.04. The summed E-state index contributed by atoms with van der Waals surface area (Å²) in [5.41, 5.74) is 5.23. The first-order chi connectivity index (χ1) is 12.2. The molecule has 1 aliphatic heterocycles. The van der Waals surface area contributed by atoms with Crippen molar-refractivity contribution in [3.8, 4) is 0 Å². The zero-order valence-electron chi connectivity index (χ0n) is 14.0. The fourth-order valence-corrected chi connectivity index (χ4v) is 2.97. The molecular formula is C19H19N5O. The highest BCUT2D eigenvalue weighted by Crippen LogP contribution is 2.18. The van der Waals surface area contributed by atoms with Gasteiger partial charge in [-0.2, -0.15) is 0 Å². The molecule has 4 heterocycles. The number of hydrogen-bond acceptors (Lipinski definition) is 4. The van der Waals surface area contributed by atoms with E-state index in [1.807, 2.05) is 48.0 Å². The fraction of sp³-hybridized carbons (Fsp3) is 0.211. The molecule has 0 aromatic carbocycles. The molecule has 25 heavy (non-hydrogen) atoms. The maximum atomic E-state index is 12.4. The molecule has 0 radical (unpaired) electrons. The molecule has 1 aliphatic rings. The second-order valence-electron chi connectivity index (χ2n) is 6.14. The zero-order chi connectivity index (χ0) is 17.2. The number of aromatic nitrogens is 3. The van der Waals surface area contributed by atoms with E-state index in [2.05, 4.69) is 26.7 Å². The van der Waals surface area contributed by atoms with Crippen molar-refractivity contribution in [1.29, 1.82) is 0 Å². The minimum Gasteiger partial charge on any atom is -0.321 e. The van der Waals surface area contributed by atoms with Gasteiger partial charge in [-0.25, -0.2) is 4.98 Å². The molecule has 3 aromatic heterocycles. The van der Waals surface area contributed by atoms with Crippen LogP contribution in [0.3, 0.4) is 0 Å². The van der Waals surface area contributed by atoms with Crippen LogP contribution in [0.15, 0.2) is 48.9 Å². The second kappa shape index (κ2) is 6.49. The monoisotopic (exact) mass is 333 g/mol. The van der Waals surface area contributed by atoms with Crippen molar-refractivity contribution in [3.63, 3.8) is 0 Å².